The summed E-state index contributed by atoms with van der Waals surface area (Å²) in [6, 6.07) is 25.7. The summed E-state index contributed by atoms with van der Waals surface area (Å²) >= 11 is 0. The second-order valence-corrected chi connectivity index (χ2v) is 13.4. The lowest BCUT2D eigenvalue weighted by Gasteiger charge is -2.34. The Bertz CT molecular complexity index is 1740. The first-order chi connectivity index (χ1) is 21.4. The van der Waals surface area contributed by atoms with Crippen LogP contribution in [0.1, 0.15) is 41.7 Å². The molecule has 0 aromatic heterocycles. The van der Waals surface area contributed by atoms with E-state index in [1.807, 2.05) is 64.1 Å². The summed E-state index contributed by atoms with van der Waals surface area (Å²) in [4.78, 5) is 29.6. The van der Waals surface area contributed by atoms with E-state index in [4.69, 9.17) is 0 Å². The third-order valence-electron chi connectivity index (χ3n) is 7.73. The van der Waals surface area contributed by atoms with Crippen LogP contribution in [0.4, 0.5) is 10.1 Å². The van der Waals surface area contributed by atoms with Crippen LogP contribution in [-0.2, 0) is 32.6 Å². The molecule has 1 N–H and O–H groups in total. The summed E-state index contributed by atoms with van der Waals surface area (Å²) < 4.78 is 44.6. The van der Waals surface area contributed by atoms with Crippen LogP contribution in [0.5, 0.6) is 0 Å². The van der Waals surface area contributed by atoms with Gasteiger partial charge in [-0.2, -0.15) is 0 Å². The maximum Gasteiger partial charge on any atom is 0.264 e. The predicted octanol–water partition coefficient (Wildman–Crippen LogP) is 6.11. The molecule has 45 heavy (non-hydrogen) atoms. The van der Waals surface area contributed by atoms with Crippen LogP contribution < -0.4 is 9.62 Å². The van der Waals surface area contributed by atoms with Gasteiger partial charge in [0, 0.05) is 24.6 Å². The zero-order chi connectivity index (χ0) is 32.7. The molecule has 0 saturated heterocycles. The normalized spacial score (nSPS) is 12.1. The number of sulfonamides is 1. The predicted molar refractivity (Wildman–Crippen MR) is 176 cm³/mol. The topological polar surface area (TPSA) is 86.8 Å². The van der Waals surface area contributed by atoms with Crippen LogP contribution >= 0.6 is 0 Å². The Morgan fingerprint density at radius 2 is 1.47 bits per heavy atom. The van der Waals surface area contributed by atoms with Crippen molar-refractivity contribution in [2.45, 2.75) is 64.6 Å². The fourth-order valence-electron chi connectivity index (χ4n) is 5.10. The second kappa shape index (κ2) is 14.5. The summed E-state index contributed by atoms with van der Waals surface area (Å²) in [6.07, 6.45) is 0.147. The number of hydrogen-bond donors (Lipinski definition) is 1. The van der Waals surface area contributed by atoms with Crippen LogP contribution in [0.3, 0.4) is 0 Å². The highest BCUT2D eigenvalue weighted by Crippen LogP contribution is 2.29. The molecular weight excluding hydrogens is 589 g/mol. The minimum absolute atomic E-state index is 0.0286. The van der Waals surface area contributed by atoms with E-state index < -0.39 is 40.2 Å². The molecule has 1 atom stereocenters. The van der Waals surface area contributed by atoms with Gasteiger partial charge < -0.3 is 10.2 Å². The highest BCUT2D eigenvalue weighted by Gasteiger charge is 2.35. The van der Waals surface area contributed by atoms with Gasteiger partial charge in [-0.05, 0) is 75.6 Å². The number of nitrogens with zero attached hydrogens (tertiary/aromatic N) is 2. The average molecular weight is 630 g/mol. The smallest absolute Gasteiger partial charge is 0.264 e. The number of benzene rings is 4. The Kier molecular flexibility index (Phi) is 10.8. The summed E-state index contributed by atoms with van der Waals surface area (Å²) in [5, 5.41) is 2.90. The average Bonchev–Trinajstić information content (AvgIpc) is 3.00. The van der Waals surface area contributed by atoms with E-state index in [2.05, 4.69) is 5.32 Å². The van der Waals surface area contributed by atoms with Gasteiger partial charge in [0.2, 0.25) is 11.8 Å². The lowest BCUT2D eigenvalue weighted by Crippen LogP contribution is -2.54. The molecule has 0 saturated carbocycles. The van der Waals surface area contributed by atoms with Gasteiger partial charge in [-0.3, -0.25) is 13.9 Å². The van der Waals surface area contributed by atoms with E-state index in [0.717, 1.165) is 21.0 Å². The van der Waals surface area contributed by atoms with E-state index in [0.29, 0.717) is 11.3 Å². The van der Waals surface area contributed by atoms with Crippen molar-refractivity contribution in [2.24, 2.45) is 0 Å². The quantitative estimate of drug-likeness (QED) is 0.205. The van der Waals surface area contributed by atoms with E-state index >= 15 is 4.39 Å². The molecule has 2 amide bonds. The first-order valence-corrected chi connectivity index (χ1v) is 16.3. The lowest BCUT2D eigenvalue weighted by atomic mass is 10.0. The molecule has 1 unspecified atom stereocenters. The molecule has 4 aromatic carbocycles. The van der Waals surface area contributed by atoms with Crippen LogP contribution in [0.2, 0.25) is 0 Å². The summed E-state index contributed by atoms with van der Waals surface area (Å²) in [5.74, 6) is -1.59. The molecule has 0 fully saturated rings. The standard InChI is InChI=1S/C36H40FN3O4S/c1-25(2)38-36(42)34(22-29-13-7-6-8-14-29)39(23-30-15-9-10-16-32(30)37)35(41)24-40(33-17-11-12-27(4)28(33)5)45(43,44)31-20-18-26(3)19-21-31/h6-21,25,34H,22-24H2,1-5H3,(H,38,42). The molecule has 0 heterocycles. The molecule has 9 heteroatoms. The highest BCUT2D eigenvalue weighted by molar-refractivity contribution is 7.92. The Hall–Kier alpha value is -4.50. The first kappa shape index (κ1) is 33.4. The molecule has 0 aliphatic rings. The maximum atomic E-state index is 15.0. The third kappa shape index (κ3) is 8.16. The van der Waals surface area contributed by atoms with Crippen molar-refractivity contribution < 1.29 is 22.4 Å². The van der Waals surface area contributed by atoms with Crippen molar-refractivity contribution in [1.82, 2.24) is 10.2 Å². The molecule has 4 aromatic rings. The van der Waals surface area contributed by atoms with Crippen molar-refractivity contribution in [2.75, 3.05) is 10.8 Å². The summed E-state index contributed by atoms with van der Waals surface area (Å²) in [7, 11) is -4.23. The van der Waals surface area contributed by atoms with Gasteiger partial charge in [0.15, 0.2) is 0 Å². The van der Waals surface area contributed by atoms with Gasteiger partial charge in [-0.15, -0.1) is 0 Å². The van der Waals surface area contributed by atoms with E-state index in [1.165, 1.54) is 23.1 Å². The summed E-state index contributed by atoms with van der Waals surface area (Å²) in [6.45, 7) is 8.33. The van der Waals surface area contributed by atoms with E-state index in [-0.39, 0.29) is 29.5 Å². The van der Waals surface area contributed by atoms with Crippen LogP contribution in [-0.4, -0.2) is 43.8 Å². The van der Waals surface area contributed by atoms with Gasteiger partial charge >= 0.3 is 0 Å². The molecule has 7 nitrogen and oxygen atoms in total. The zero-order valence-corrected chi connectivity index (χ0v) is 27.1. The minimum Gasteiger partial charge on any atom is -0.352 e. The number of amides is 2. The molecule has 236 valence electrons. The number of nitrogens with one attached hydrogen (secondary N) is 1. The molecule has 0 spiro atoms. The lowest BCUT2D eigenvalue weighted by molar-refractivity contribution is -0.140. The van der Waals surface area contributed by atoms with Crippen LogP contribution in [0.15, 0.2) is 102 Å². The van der Waals surface area contributed by atoms with Crippen molar-refractivity contribution in [1.29, 1.82) is 0 Å². The van der Waals surface area contributed by atoms with Gasteiger partial charge in [0.25, 0.3) is 10.0 Å². The van der Waals surface area contributed by atoms with Gasteiger partial charge in [-0.25, -0.2) is 12.8 Å². The number of rotatable bonds is 12. The summed E-state index contributed by atoms with van der Waals surface area (Å²) in [5.41, 5.74) is 3.79. The van der Waals surface area contributed by atoms with Crippen LogP contribution in [0, 0.1) is 26.6 Å². The molecule has 0 bridgehead atoms. The van der Waals surface area contributed by atoms with E-state index in [1.54, 1.807) is 49.4 Å². The minimum atomic E-state index is -4.23. The Labute approximate surface area is 265 Å². The fraction of sp³-hybridized carbons (Fsp3) is 0.278. The molecule has 4 rings (SSSR count). The molecular formula is C36H40FN3O4S. The van der Waals surface area contributed by atoms with Crippen LogP contribution in [0.25, 0.3) is 0 Å². The Morgan fingerprint density at radius 1 is 0.822 bits per heavy atom. The van der Waals surface area contributed by atoms with Gasteiger partial charge in [0.1, 0.15) is 18.4 Å². The number of anilines is 1. The van der Waals surface area contributed by atoms with Crippen molar-refractivity contribution in [3.05, 3.63) is 131 Å². The number of hydrogen-bond acceptors (Lipinski definition) is 4. The van der Waals surface area contributed by atoms with Gasteiger partial charge in [-0.1, -0.05) is 78.4 Å². The first-order valence-electron chi connectivity index (χ1n) is 14.9. The van der Waals surface area contributed by atoms with E-state index in [9.17, 15) is 18.0 Å². The second-order valence-electron chi connectivity index (χ2n) is 11.5. The largest absolute Gasteiger partial charge is 0.352 e. The Morgan fingerprint density at radius 3 is 2.11 bits per heavy atom. The van der Waals surface area contributed by atoms with Gasteiger partial charge in [0.05, 0.1) is 10.6 Å². The van der Waals surface area contributed by atoms with Crippen molar-refractivity contribution in [3.63, 3.8) is 0 Å². The highest BCUT2D eigenvalue weighted by atomic mass is 32.2. The number of halogens is 1. The third-order valence-corrected chi connectivity index (χ3v) is 9.51. The van der Waals surface area contributed by atoms with Crippen molar-refractivity contribution >= 4 is 27.5 Å². The fourth-order valence-corrected chi connectivity index (χ4v) is 6.57. The number of aryl methyl sites for hydroxylation is 2. The zero-order valence-electron chi connectivity index (χ0n) is 26.3. The maximum absolute atomic E-state index is 15.0. The molecule has 0 aliphatic carbocycles. The monoisotopic (exact) mass is 629 g/mol. The SMILES string of the molecule is Cc1ccc(S(=O)(=O)N(CC(=O)N(Cc2ccccc2F)C(Cc2ccccc2)C(=O)NC(C)C)c2cccc(C)c2C)cc1. The van der Waals surface area contributed by atoms with Crippen molar-refractivity contribution in [3.8, 4) is 0 Å². The number of carbonyl (C=O) groups excluding carboxylic acids is 2. The number of carbonyl (C=O) groups is 2. The molecule has 0 radical (unpaired) electrons. The Balaban J connectivity index is 1.85. The molecule has 0 aliphatic heterocycles.